The summed E-state index contributed by atoms with van der Waals surface area (Å²) in [5, 5.41) is 0. The molecule has 9 heteroatoms. The van der Waals surface area contributed by atoms with Gasteiger partial charge < -0.3 is 24.8 Å². The van der Waals surface area contributed by atoms with E-state index in [4.69, 9.17) is 19.9 Å². The lowest BCUT2D eigenvalue weighted by atomic mass is 9.96. The highest BCUT2D eigenvalue weighted by Gasteiger charge is 2.26. The molecule has 0 radical (unpaired) electrons. The fraction of sp³-hybridized carbons (Fsp3) is 0.500. The van der Waals surface area contributed by atoms with Crippen molar-refractivity contribution in [3.8, 4) is 11.5 Å². The standard InChI is InChI=1S/C18H22N2O6S/c19-18(23)12-3-5-20(6-4-12)16(21)10-26-17(22)11-27-13-1-2-14-15(9-13)25-8-7-24-14/h1-2,9,12H,3-8,10-11H2,(H2,19,23). The van der Waals surface area contributed by atoms with E-state index in [1.54, 1.807) is 11.0 Å². The fourth-order valence-electron chi connectivity index (χ4n) is 2.94. The van der Waals surface area contributed by atoms with Crippen LogP contribution >= 0.6 is 11.8 Å². The van der Waals surface area contributed by atoms with Crippen LogP contribution in [-0.2, 0) is 19.1 Å². The molecule has 1 fully saturated rings. The first-order valence-electron chi connectivity index (χ1n) is 8.78. The molecule has 1 aromatic carbocycles. The predicted octanol–water partition coefficient (Wildman–Crippen LogP) is 0.817. The SMILES string of the molecule is NC(=O)C1CCN(C(=O)COC(=O)CSc2ccc3c(c2)OCCO3)CC1. The van der Waals surface area contributed by atoms with Gasteiger partial charge >= 0.3 is 5.97 Å². The van der Waals surface area contributed by atoms with Gasteiger partial charge in [0.15, 0.2) is 18.1 Å². The average molecular weight is 394 g/mol. The second kappa shape index (κ2) is 8.98. The highest BCUT2D eigenvalue weighted by molar-refractivity contribution is 8.00. The van der Waals surface area contributed by atoms with Crippen LogP contribution < -0.4 is 15.2 Å². The topological polar surface area (TPSA) is 108 Å². The fourth-order valence-corrected chi connectivity index (χ4v) is 3.67. The Balaban J connectivity index is 1.38. The number of primary amides is 1. The molecule has 0 aliphatic carbocycles. The van der Waals surface area contributed by atoms with Gasteiger partial charge in [0.05, 0.1) is 5.75 Å². The van der Waals surface area contributed by atoms with Crippen LogP contribution in [0.3, 0.4) is 0 Å². The summed E-state index contributed by atoms with van der Waals surface area (Å²) in [5.74, 6) is 0.221. The number of nitrogens with two attached hydrogens (primary N) is 1. The Morgan fingerprint density at radius 3 is 2.56 bits per heavy atom. The zero-order chi connectivity index (χ0) is 19.2. The molecule has 0 unspecified atom stereocenters. The van der Waals surface area contributed by atoms with Gasteiger partial charge in [0.25, 0.3) is 5.91 Å². The molecule has 2 aliphatic rings. The third-order valence-electron chi connectivity index (χ3n) is 4.48. The Labute approximate surface area is 161 Å². The molecule has 0 aromatic heterocycles. The van der Waals surface area contributed by atoms with E-state index < -0.39 is 5.97 Å². The van der Waals surface area contributed by atoms with Crippen molar-refractivity contribution in [3.05, 3.63) is 18.2 Å². The first-order chi connectivity index (χ1) is 13.0. The van der Waals surface area contributed by atoms with Crippen LogP contribution in [0.1, 0.15) is 12.8 Å². The number of thioether (sulfide) groups is 1. The van der Waals surface area contributed by atoms with Crippen molar-refractivity contribution in [1.29, 1.82) is 0 Å². The van der Waals surface area contributed by atoms with Crippen molar-refractivity contribution >= 4 is 29.5 Å². The number of hydrogen-bond donors (Lipinski definition) is 1. The van der Waals surface area contributed by atoms with Gasteiger partial charge in [0.1, 0.15) is 13.2 Å². The first-order valence-corrected chi connectivity index (χ1v) is 9.76. The maximum atomic E-state index is 12.1. The molecule has 2 amide bonds. The predicted molar refractivity (Wildman–Crippen MR) is 97.6 cm³/mol. The highest BCUT2D eigenvalue weighted by Crippen LogP contribution is 2.34. The zero-order valence-electron chi connectivity index (χ0n) is 14.8. The van der Waals surface area contributed by atoms with Crippen LogP contribution in [0.15, 0.2) is 23.1 Å². The van der Waals surface area contributed by atoms with Crippen molar-refractivity contribution in [1.82, 2.24) is 4.90 Å². The number of amides is 2. The minimum Gasteiger partial charge on any atom is -0.486 e. The Kier molecular flexibility index (Phi) is 6.44. The quantitative estimate of drug-likeness (QED) is 0.562. The van der Waals surface area contributed by atoms with Gasteiger partial charge in [-0.1, -0.05) is 0 Å². The van der Waals surface area contributed by atoms with E-state index in [1.807, 2.05) is 12.1 Å². The Morgan fingerprint density at radius 2 is 1.85 bits per heavy atom. The molecule has 27 heavy (non-hydrogen) atoms. The van der Waals surface area contributed by atoms with Crippen molar-refractivity contribution in [2.75, 3.05) is 38.7 Å². The summed E-state index contributed by atoms with van der Waals surface area (Å²) in [7, 11) is 0. The maximum absolute atomic E-state index is 12.1. The summed E-state index contributed by atoms with van der Waals surface area (Å²) < 4.78 is 16.0. The molecule has 146 valence electrons. The molecule has 0 atom stereocenters. The second-order valence-corrected chi connectivity index (χ2v) is 7.36. The van der Waals surface area contributed by atoms with Crippen LogP contribution in [0, 0.1) is 5.92 Å². The van der Waals surface area contributed by atoms with Crippen LogP contribution in [0.25, 0.3) is 0 Å². The molecule has 2 aliphatic heterocycles. The van der Waals surface area contributed by atoms with Crippen LogP contribution in [0.4, 0.5) is 0 Å². The van der Waals surface area contributed by atoms with Gasteiger partial charge in [-0.3, -0.25) is 14.4 Å². The largest absolute Gasteiger partial charge is 0.486 e. The summed E-state index contributed by atoms with van der Waals surface area (Å²) in [4.78, 5) is 37.6. The number of hydrogen-bond acceptors (Lipinski definition) is 7. The molecular weight excluding hydrogens is 372 g/mol. The third kappa shape index (κ3) is 5.29. The van der Waals surface area contributed by atoms with Crippen molar-refractivity contribution in [2.45, 2.75) is 17.7 Å². The summed E-state index contributed by atoms with van der Waals surface area (Å²) in [6.45, 7) is 1.65. The van der Waals surface area contributed by atoms with E-state index >= 15 is 0 Å². The molecule has 2 N–H and O–H groups in total. The molecule has 3 rings (SSSR count). The van der Waals surface area contributed by atoms with Crippen molar-refractivity contribution in [2.24, 2.45) is 11.7 Å². The normalized spacial score (nSPS) is 16.7. The summed E-state index contributed by atoms with van der Waals surface area (Å²) in [6, 6.07) is 5.47. The molecule has 1 saturated heterocycles. The van der Waals surface area contributed by atoms with Crippen molar-refractivity contribution in [3.63, 3.8) is 0 Å². The lowest BCUT2D eigenvalue weighted by Crippen LogP contribution is -2.43. The highest BCUT2D eigenvalue weighted by atomic mass is 32.2. The zero-order valence-corrected chi connectivity index (χ0v) is 15.7. The van der Waals surface area contributed by atoms with E-state index in [-0.39, 0.29) is 30.1 Å². The Morgan fingerprint density at radius 1 is 1.15 bits per heavy atom. The third-order valence-corrected chi connectivity index (χ3v) is 5.44. The minimum atomic E-state index is -0.463. The van der Waals surface area contributed by atoms with Crippen molar-refractivity contribution < 1.29 is 28.6 Å². The number of esters is 1. The average Bonchev–Trinajstić information content (AvgIpc) is 2.70. The molecule has 2 heterocycles. The molecule has 0 saturated carbocycles. The van der Waals surface area contributed by atoms with Gasteiger partial charge in [0, 0.05) is 23.9 Å². The molecule has 0 bridgehead atoms. The number of likely N-dealkylation sites (tertiary alicyclic amines) is 1. The Bertz CT molecular complexity index is 718. The molecule has 0 spiro atoms. The number of carbonyl (C=O) groups excluding carboxylic acids is 3. The summed E-state index contributed by atoms with van der Waals surface area (Å²) in [6.07, 6.45) is 1.10. The second-order valence-electron chi connectivity index (χ2n) is 6.31. The van der Waals surface area contributed by atoms with E-state index in [2.05, 4.69) is 0 Å². The van der Waals surface area contributed by atoms with Crippen LogP contribution in [0.5, 0.6) is 11.5 Å². The van der Waals surface area contributed by atoms with E-state index in [1.165, 1.54) is 11.8 Å². The number of carbonyl (C=O) groups is 3. The summed E-state index contributed by atoms with van der Waals surface area (Å²) in [5.41, 5.74) is 5.28. The number of piperidine rings is 1. The van der Waals surface area contributed by atoms with Gasteiger partial charge in [0.2, 0.25) is 5.91 Å². The lowest BCUT2D eigenvalue weighted by Gasteiger charge is -2.30. The molecule has 8 nitrogen and oxygen atoms in total. The monoisotopic (exact) mass is 394 g/mol. The molecular formula is C18H22N2O6S. The number of nitrogens with zero attached hydrogens (tertiary/aromatic N) is 1. The Hall–Kier alpha value is -2.42. The molecule has 1 aromatic rings. The minimum absolute atomic E-state index is 0.0939. The van der Waals surface area contributed by atoms with E-state index in [0.29, 0.717) is 50.6 Å². The summed E-state index contributed by atoms with van der Waals surface area (Å²) >= 11 is 1.31. The lowest BCUT2D eigenvalue weighted by molar-refractivity contribution is -0.150. The maximum Gasteiger partial charge on any atom is 0.316 e. The van der Waals surface area contributed by atoms with Crippen LogP contribution in [-0.4, -0.2) is 61.3 Å². The number of ether oxygens (including phenoxy) is 3. The smallest absolute Gasteiger partial charge is 0.316 e. The van der Waals surface area contributed by atoms with Crippen LogP contribution in [0.2, 0.25) is 0 Å². The number of rotatable bonds is 6. The van der Waals surface area contributed by atoms with E-state index in [9.17, 15) is 14.4 Å². The number of benzene rings is 1. The van der Waals surface area contributed by atoms with Gasteiger partial charge in [-0.25, -0.2) is 0 Å². The van der Waals surface area contributed by atoms with E-state index in [0.717, 1.165) is 4.90 Å². The number of fused-ring (bicyclic) bond motifs is 1. The first kappa shape index (κ1) is 19.3. The van der Waals surface area contributed by atoms with Gasteiger partial charge in [-0.2, -0.15) is 0 Å². The van der Waals surface area contributed by atoms with Gasteiger partial charge in [-0.15, -0.1) is 11.8 Å². The van der Waals surface area contributed by atoms with Gasteiger partial charge in [-0.05, 0) is 31.0 Å².